The van der Waals surface area contributed by atoms with Crippen LogP contribution in [0.4, 0.5) is 5.69 Å². The van der Waals surface area contributed by atoms with Crippen molar-refractivity contribution in [3.05, 3.63) is 30.3 Å². The number of benzene rings is 1. The fourth-order valence-corrected chi connectivity index (χ4v) is 2.43. The van der Waals surface area contributed by atoms with Gasteiger partial charge in [-0.2, -0.15) is 11.8 Å². The number of hydrogen-bond acceptors (Lipinski definition) is 3. The van der Waals surface area contributed by atoms with E-state index < -0.39 is 0 Å². The minimum absolute atomic E-state index is 0.293. The van der Waals surface area contributed by atoms with E-state index in [9.17, 15) is 0 Å². The van der Waals surface area contributed by atoms with Crippen LogP contribution in [-0.2, 0) is 0 Å². The molecule has 0 fully saturated rings. The van der Waals surface area contributed by atoms with E-state index in [1.165, 1.54) is 5.69 Å². The number of nitrogens with zero attached hydrogens (tertiary/aromatic N) is 1. The Kier molecular flexibility index (Phi) is 6.34. The van der Waals surface area contributed by atoms with E-state index in [1.807, 2.05) is 17.8 Å². The third-order valence-corrected chi connectivity index (χ3v) is 3.76. The average molecular weight is 239 g/mol. The molecule has 2 nitrogen and oxygen atoms in total. The quantitative estimate of drug-likeness (QED) is 0.740. The van der Waals surface area contributed by atoms with Gasteiger partial charge in [-0.05, 0) is 23.8 Å². The second kappa shape index (κ2) is 7.58. The largest absolute Gasteiger partial charge is 0.396 e. The van der Waals surface area contributed by atoms with E-state index in [2.05, 4.69) is 43.1 Å². The van der Waals surface area contributed by atoms with Crippen molar-refractivity contribution in [2.24, 2.45) is 5.92 Å². The van der Waals surface area contributed by atoms with Gasteiger partial charge in [0.15, 0.2) is 0 Å². The molecule has 0 aliphatic carbocycles. The maximum absolute atomic E-state index is 8.90. The second-order valence-corrected chi connectivity index (χ2v) is 5.27. The van der Waals surface area contributed by atoms with Crippen LogP contribution in [0.25, 0.3) is 0 Å². The van der Waals surface area contributed by atoms with Gasteiger partial charge in [0.05, 0.1) is 0 Å². The van der Waals surface area contributed by atoms with E-state index in [4.69, 9.17) is 5.11 Å². The summed E-state index contributed by atoms with van der Waals surface area (Å²) in [5.74, 6) is 2.56. The SMILES string of the molecule is CC(CO)CSCCN(C)c1ccccc1. The van der Waals surface area contributed by atoms with Crippen LogP contribution in [0.1, 0.15) is 6.92 Å². The molecule has 16 heavy (non-hydrogen) atoms. The predicted octanol–water partition coefficient (Wildman–Crippen LogP) is 2.48. The number of anilines is 1. The van der Waals surface area contributed by atoms with Crippen molar-refractivity contribution in [1.82, 2.24) is 0 Å². The summed E-state index contributed by atoms with van der Waals surface area (Å²) < 4.78 is 0. The molecule has 1 aromatic rings. The number of hydrogen-bond donors (Lipinski definition) is 1. The highest BCUT2D eigenvalue weighted by Gasteiger charge is 2.02. The molecule has 0 radical (unpaired) electrons. The van der Waals surface area contributed by atoms with Crippen molar-refractivity contribution in [1.29, 1.82) is 0 Å². The molecule has 3 heteroatoms. The van der Waals surface area contributed by atoms with E-state index in [1.54, 1.807) is 0 Å². The maximum Gasteiger partial charge on any atom is 0.0464 e. The smallest absolute Gasteiger partial charge is 0.0464 e. The number of thioether (sulfide) groups is 1. The van der Waals surface area contributed by atoms with Crippen molar-refractivity contribution in [3.63, 3.8) is 0 Å². The lowest BCUT2D eigenvalue weighted by Crippen LogP contribution is -2.20. The average Bonchev–Trinajstić information content (AvgIpc) is 2.35. The van der Waals surface area contributed by atoms with Crippen LogP contribution in [0.3, 0.4) is 0 Å². The van der Waals surface area contributed by atoms with Crippen LogP contribution in [0.2, 0.25) is 0 Å². The first kappa shape index (κ1) is 13.4. The summed E-state index contributed by atoms with van der Waals surface area (Å²) in [7, 11) is 2.12. The summed E-state index contributed by atoms with van der Waals surface area (Å²) in [6.45, 7) is 3.42. The van der Waals surface area contributed by atoms with Crippen LogP contribution in [-0.4, -0.2) is 36.8 Å². The highest BCUT2D eigenvalue weighted by atomic mass is 32.2. The molecular formula is C13H21NOS. The van der Waals surface area contributed by atoms with Crippen LogP contribution in [0, 0.1) is 5.92 Å². The van der Waals surface area contributed by atoms with Crippen LogP contribution >= 0.6 is 11.8 Å². The van der Waals surface area contributed by atoms with Gasteiger partial charge in [0.1, 0.15) is 0 Å². The van der Waals surface area contributed by atoms with Gasteiger partial charge in [0, 0.05) is 31.6 Å². The van der Waals surface area contributed by atoms with Gasteiger partial charge in [-0.3, -0.25) is 0 Å². The Morgan fingerprint density at radius 1 is 1.31 bits per heavy atom. The van der Waals surface area contributed by atoms with Crippen molar-refractivity contribution >= 4 is 17.4 Å². The number of para-hydroxylation sites is 1. The maximum atomic E-state index is 8.90. The minimum atomic E-state index is 0.293. The van der Waals surface area contributed by atoms with E-state index in [-0.39, 0.29) is 0 Å². The van der Waals surface area contributed by atoms with Gasteiger partial charge in [-0.25, -0.2) is 0 Å². The van der Waals surface area contributed by atoms with Crippen LogP contribution in [0.15, 0.2) is 30.3 Å². The summed E-state index contributed by atoms with van der Waals surface area (Å²) in [4.78, 5) is 2.26. The second-order valence-electron chi connectivity index (χ2n) is 4.12. The van der Waals surface area contributed by atoms with E-state index >= 15 is 0 Å². The molecule has 0 bridgehead atoms. The Morgan fingerprint density at radius 3 is 2.62 bits per heavy atom. The molecule has 1 atom stereocenters. The predicted molar refractivity (Wildman–Crippen MR) is 73.3 cm³/mol. The van der Waals surface area contributed by atoms with Crippen molar-refractivity contribution in [2.45, 2.75) is 6.92 Å². The Hall–Kier alpha value is -0.670. The molecule has 0 aliphatic heterocycles. The van der Waals surface area contributed by atoms with Gasteiger partial charge < -0.3 is 10.0 Å². The van der Waals surface area contributed by atoms with Crippen molar-refractivity contribution in [3.8, 4) is 0 Å². The third-order valence-electron chi connectivity index (χ3n) is 2.48. The summed E-state index contributed by atoms with van der Waals surface area (Å²) in [6, 6.07) is 10.4. The molecule has 1 rings (SSSR count). The van der Waals surface area contributed by atoms with Crippen LogP contribution in [0.5, 0.6) is 0 Å². The zero-order valence-corrected chi connectivity index (χ0v) is 10.9. The molecule has 90 valence electrons. The molecule has 0 saturated heterocycles. The molecule has 0 amide bonds. The zero-order valence-electron chi connectivity index (χ0n) is 10.1. The highest BCUT2D eigenvalue weighted by Crippen LogP contribution is 2.13. The lowest BCUT2D eigenvalue weighted by molar-refractivity contribution is 0.250. The van der Waals surface area contributed by atoms with Gasteiger partial charge in [0.2, 0.25) is 0 Å². The Morgan fingerprint density at radius 2 is 2.00 bits per heavy atom. The minimum Gasteiger partial charge on any atom is -0.396 e. The Bertz CT molecular complexity index is 279. The zero-order chi connectivity index (χ0) is 11.8. The van der Waals surface area contributed by atoms with Gasteiger partial charge in [-0.1, -0.05) is 25.1 Å². The Labute approximate surface area is 103 Å². The van der Waals surface area contributed by atoms with Gasteiger partial charge in [-0.15, -0.1) is 0 Å². The molecule has 0 spiro atoms. The van der Waals surface area contributed by atoms with E-state index in [0.717, 1.165) is 18.1 Å². The van der Waals surface area contributed by atoms with Crippen molar-refractivity contribution < 1.29 is 5.11 Å². The molecule has 1 aromatic carbocycles. The molecule has 0 aliphatic rings. The van der Waals surface area contributed by atoms with Crippen LogP contribution < -0.4 is 4.90 Å². The lowest BCUT2D eigenvalue weighted by Gasteiger charge is -2.19. The lowest BCUT2D eigenvalue weighted by atomic mass is 10.2. The molecule has 1 N–H and O–H groups in total. The summed E-state index contributed by atoms with van der Waals surface area (Å²) in [5, 5.41) is 8.90. The first-order chi connectivity index (χ1) is 7.74. The molecular weight excluding hydrogens is 218 g/mol. The topological polar surface area (TPSA) is 23.5 Å². The number of rotatable bonds is 7. The summed E-state index contributed by atoms with van der Waals surface area (Å²) in [5.41, 5.74) is 1.26. The molecule has 1 unspecified atom stereocenters. The molecule has 0 aromatic heterocycles. The summed E-state index contributed by atoms with van der Waals surface area (Å²) in [6.07, 6.45) is 0. The monoisotopic (exact) mass is 239 g/mol. The fourth-order valence-electron chi connectivity index (χ4n) is 1.35. The highest BCUT2D eigenvalue weighted by molar-refractivity contribution is 7.99. The molecule has 0 saturated carbocycles. The molecule has 0 heterocycles. The summed E-state index contributed by atoms with van der Waals surface area (Å²) >= 11 is 1.91. The number of aliphatic hydroxyl groups is 1. The standard InChI is InChI=1S/C13H21NOS/c1-12(10-15)11-16-9-8-14(2)13-6-4-3-5-7-13/h3-7,12,15H,8-11H2,1-2H3. The van der Waals surface area contributed by atoms with Crippen molar-refractivity contribution in [2.75, 3.05) is 36.6 Å². The first-order valence-electron chi connectivity index (χ1n) is 5.69. The van der Waals surface area contributed by atoms with Gasteiger partial charge >= 0.3 is 0 Å². The normalized spacial score (nSPS) is 12.4. The Balaban J connectivity index is 2.18. The number of aliphatic hydroxyl groups excluding tert-OH is 1. The van der Waals surface area contributed by atoms with Gasteiger partial charge in [0.25, 0.3) is 0 Å². The third kappa shape index (κ3) is 4.90. The fraction of sp³-hybridized carbons (Fsp3) is 0.538. The first-order valence-corrected chi connectivity index (χ1v) is 6.84. The van der Waals surface area contributed by atoms with E-state index in [0.29, 0.717) is 12.5 Å².